The summed E-state index contributed by atoms with van der Waals surface area (Å²) >= 11 is 0. The Hall–Kier alpha value is -5.75. The fraction of sp³-hybridized carbons (Fsp3) is 0. The number of fused-ring (bicyclic) bond motifs is 3. The molecule has 8 aromatic rings. The van der Waals surface area contributed by atoms with E-state index >= 15 is 4.57 Å². The van der Waals surface area contributed by atoms with Gasteiger partial charge in [-0.25, -0.2) is 0 Å². The molecule has 228 valence electrons. The lowest BCUT2D eigenvalue weighted by molar-refractivity contribution is 0.592. The molecule has 0 aliphatic heterocycles. The molecule has 0 radical (unpaired) electrons. The summed E-state index contributed by atoms with van der Waals surface area (Å²) in [4.78, 5) is 0. The molecule has 0 aliphatic carbocycles. The van der Waals surface area contributed by atoms with Crippen LogP contribution in [-0.4, -0.2) is 0 Å². The first kappa shape index (κ1) is 29.6. The van der Waals surface area contributed by atoms with Crippen molar-refractivity contribution in [2.24, 2.45) is 0 Å². The minimum atomic E-state index is -3.08. The predicted molar refractivity (Wildman–Crippen MR) is 209 cm³/mol. The smallest absolute Gasteiger partial charge is 0.171 e. The van der Waals surface area contributed by atoms with Crippen LogP contribution in [-0.2, 0) is 4.57 Å². The van der Waals surface area contributed by atoms with Crippen molar-refractivity contribution in [3.8, 4) is 22.3 Å². The van der Waals surface area contributed by atoms with E-state index in [1.807, 2.05) is 78.9 Å². The maximum Gasteiger partial charge on any atom is 0.171 e. The van der Waals surface area contributed by atoms with Crippen molar-refractivity contribution in [3.63, 3.8) is 0 Å². The highest BCUT2D eigenvalue weighted by Crippen LogP contribution is 2.45. The number of hydrogen-bond acceptors (Lipinski definition) is 1. The highest BCUT2D eigenvalue weighted by Gasteiger charge is 2.29. The third-order valence-corrected chi connectivity index (χ3v) is 12.5. The summed E-state index contributed by atoms with van der Waals surface area (Å²) in [5, 5.41) is 9.37. The van der Waals surface area contributed by atoms with E-state index in [2.05, 4.69) is 110 Å². The molecule has 48 heavy (non-hydrogen) atoms. The van der Waals surface area contributed by atoms with Crippen LogP contribution in [0.4, 0.5) is 0 Å². The lowest BCUT2D eigenvalue weighted by Crippen LogP contribution is -2.24. The Morgan fingerprint density at radius 3 is 1.35 bits per heavy atom. The maximum atomic E-state index is 15.1. The summed E-state index contributed by atoms with van der Waals surface area (Å²) in [6.07, 6.45) is 3.93. The van der Waals surface area contributed by atoms with Crippen molar-refractivity contribution < 1.29 is 4.57 Å². The van der Waals surface area contributed by atoms with Gasteiger partial charge in [0.15, 0.2) is 7.14 Å². The van der Waals surface area contributed by atoms with E-state index in [1.165, 1.54) is 16.2 Å². The summed E-state index contributed by atoms with van der Waals surface area (Å²) < 4.78 is 15.1. The van der Waals surface area contributed by atoms with Crippen molar-refractivity contribution >= 4 is 67.5 Å². The lowest BCUT2D eigenvalue weighted by Gasteiger charge is -2.21. The van der Waals surface area contributed by atoms with Gasteiger partial charge in [0.05, 0.1) is 0 Å². The highest BCUT2D eigenvalue weighted by molar-refractivity contribution is 7.85. The van der Waals surface area contributed by atoms with Gasteiger partial charge < -0.3 is 4.57 Å². The maximum absolute atomic E-state index is 15.1. The number of hydrogen-bond donors (Lipinski definition) is 0. The quantitative estimate of drug-likeness (QED) is 0.160. The molecular weight excluding hydrogens is 599 g/mol. The second-order valence-electron chi connectivity index (χ2n) is 12.1. The lowest BCUT2D eigenvalue weighted by atomic mass is 9.83. The van der Waals surface area contributed by atoms with E-state index in [0.29, 0.717) is 0 Å². The van der Waals surface area contributed by atoms with E-state index < -0.39 is 7.14 Å². The van der Waals surface area contributed by atoms with Crippen LogP contribution in [0, 0.1) is 0 Å². The Balaban J connectivity index is 1.32. The second-order valence-corrected chi connectivity index (χ2v) is 14.9. The summed E-state index contributed by atoms with van der Waals surface area (Å²) in [7, 11) is -3.08. The van der Waals surface area contributed by atoms with Crippen LogP contribution in [0.5, 0.6) is 0 Å². The van der Waals surface area contributed by atoms with Crippen LogP contribution < -0.4 is 15.9 Å². The molecule has 1 nitrogen and oxygen atoms in total. The molecule has 0 aliphatic rings. The van der Waals surface area contributed by atoms with Gasteiger partial charge in [0.2, 0.25) is 0 Å². The Morgan fingerprint density at radius 2 is 0.812 bits per heavy atom. The van der Waals surface area contributed by atoms with Crippen molar-refractivity contribution in [1.29, 1.82) is 0 Å². The van der Waals surface area contributed by atoms with Crippen molar-refractivity contribution in [2.75, 3.05) is 0 Å². The Kier molecular flexibility index (Phi) is 7.48. The first-order chi connectivity index (χ1) is 23.6. The van der Waals surface area contributed by atoms with Crippen molar-refractivity contribution in [3.05, 3.63) is 188 Å². The van der Waals surface area contributed by atoms with Gasteiger partial charge in [0.25, 0.3) is 0 Å². The molecule has 8 rings (SSSR count). The summed E-state index contributed by atoms with van der Waals surface area (Å²) in [5.41, 5.74) is 6.67. The number of benzene rings is 8. The molecule has 0 N–H and O–H groups in total. The van der Waals surface area contributed by atoms with Crippen LogP contribution >= 0.6 is 7.14 Å². The fourth-order valence-corrected chi connectivity index (χ4v) is 9.86. The van der Waals surface area contributed by atoms with E-state index in [1.54, 1.807) is 0 Å². The Bertz CT molecular complexity index is 2520. The number of rotatable bonds is 7. The van der Waals surface area contributed by atoms with Gasteiger partial charge in [-0.15, -0.1) is 0 Å². The molecule has 0 spiro atoms. The highest BCUT2D eigenvalue weighted by atomic mass is 31.2. The van der Waals surface area contributed by atoms with E-state index in [4.69, 9.17) is 0 Å². The predicted octanol–water partition coefficient (Wildman–Crippen LogP) is 11.4. The van der Waals surface area contributed by atoms with Gasteiger partial charge in [-0.1, -0.05) is 171 Å². The first-order valence-corrected chi connectivity index (χ1v) is 17.9. The summed E-state index contributed by atoms with van der Waals surface area (Å²) in [6, 6.07) is 56.3. The zero-order valence-electron chi connectivity index (χ0n) is 26.5. The third-order valence-electron chi connectivity index (χ3n) is 9.46. The molecule has 0 fully saturated rings. The zero-order valence-corrected chi connectivity index (χ0v) is 27.4. The Labute approximate surface area is 281 Å². The molecule has 0 atom stereocenters. The second kappa shape index (κ2) is 12.1. The Morgan fingerprint density at radius 1 is 0.396 bits per heavy atom. The minimum absolute atomic E-state index is 0.825. The SMILES string of the molecule is C=Cc1c(C=C)c(-c2ccc3cc(P(=O)(c4ccccc4)c4ccccc4)ccc3c2)c2ccccc2c1-c1ccc2ccccc2c1. The van der Waals surface area contributed by atoms with Crippen LogP contribution in [0.25, 0.3) is 66.7 Å². The third kappa shape index (κ3) is 4.83. The van der Waals surface area contributed by atoms with Gasteiger partial charge in [-0.05, 0) is 83.9 Å². The van der Waals surface area contributed by atoms with Gasteiger partial charge in [-0.3, -0.25) is 0 Å². The molecule has 8 aromatic carbocycles. The molecule has 0 saturated carbocycles. The average Bonchev–Trinajstić information content (AvgIpc) is 3.16. The molecule has 0 saturated heterocycles. The average molecular weight is 633 g/mol. The molecule has 2 heteroatoms. The van der Waals surface area contributed by atoms with Crippen molar-refractivity contribution in [1.82, 2.24) is 0 Å². The monoisotopic (exact) mass is 632 g/mol. The zero-order chi connectivity index (χ0) is 32.7. The summed E-state index contributed by atoms with van der Waals surface area (Å²) in [6.45, 7) is 8.58. The van der Waals surface area contributed by atoms with Gasteiger partial charge in [0.1, 0.15) is 0 Å². The minimum Gasteiger partial charge on any atom is -0.309 e. The topological polar surface area (TPSA) is 17.1 Å². The summed E-state index contributed by atoms with van der Waals surface area (Å²) in [5.74, 6) is 0. The molecule has 0 bridgehead atoms. The largest absolute Gasteiger partial charge is 0.309 e. The fourth-order valence-electron chi connectivity index (χ4n) is 7.18. The van der Waals surface area contributed by atoms with Gasteiger partial charge in [-0.2, -0.15) is 0 Å². The first-order valence-electron chi connectivity index (χ1n) is 16.2. The molecule has 0 unspecified atom stereocenters. The van der Waals surface area contributed by atoms with E-state index in [0.717, 1.165) is 65.5 Å². The van der Waals surface area contributed by atoms with Gasteiger partial charge in [0, 0.05) is 15.9 Å². The van der Waals surface area contributed by atoms with Crippen LogP contribution in [0.3, 0.4) is 0 Å². The van der Waals surface area contributed by atoms with E-state index in [9.17, 15) is 0 Å². The molecular formula is C46H33OP. The standard InChI is InChI=1S/C46H33OP/c1-3-41-42(4-2)46(44-22-14-13-21-43(44)45(41)36-25-23-32-15-11-12-16-33(32)29-36)37-26-24-35-31-40(28-27-34(35)30-37)48(47,38-17-7-5-8-18-38)39-19-9-6-10-20-39/h3-31H,1-2H2. The van der Waals surface area contributed by atoms with Crippen LogP contribution in [0.15, 0.2) is 177 Å². The molecule has 0 amide bonds. The van der Waals surface area contributed by atoms with Gasteiger partial charge >= 0.3 is 0 Å². The molecule has 0 heterocycles. The van der Waals surface area contributed by atoms with E-state index in [-0.39, 0.29) is 0 Å². The van der Waals surface area contributed by atoms with Crippen LogP contribution in [0.1, 0.15) is 11.1 Å². The normalized spacial score (nSPS) is 11.6. The van der Waals surface area contributed by atoms with Crippen molar-refractivity contribution in [2.45, 2.75) is 0 Å². The molecule has 0 aromatic heterocycles. The van der Waals surface area contributed by atoms with Crippen LogP contribution in [0.2, 0.25) is 0 Å².